The largest absolute Gasteiger partial charge is 0.508 e. The van der Waals surface area contributed by atoms with Gasteiger partial charge in [-0.25, -0.2) is 0 Å². The average Bonchev–Trinajstić information content (AvgIpc) is 2.44. The number of hydrogen-bond donors (Lipinski definition) is 2. The van der Waals surface area contributed by atoms with Crippen molar-refractivity contribution in [2.24, 2.45) is 0 Å². The van der Waals surface area contributed by atoms with Crippen molar-refractivity contribution in [1.29, 1.82) is 0 Å². The summed E-state index contributed by atoms with van der Waals surface area (Å²) in [6.07, 6.45) is 11.5. The Bertz CT molecular complexity index is 332. The fraction of sp³-hybridized carbons (Fsp3) is 0.667. The molecule has 1 unspecified atom stereocenters. The number of aromatic hydroxyl groups is 1. The predicted molar refractivity (Wildman–Crippen MR) is 85.0 cm³/mol. The highest BCUT2D eigenvalue weighted by molar-refractivity contribution is 5.25. The summed E-state index contributed by atoms with van der Waals surface area (Å²) in [7, 11) is 0. The Labute approximate surface area is 123 Å². The topological polar surface area (TPSA) is 40.5 Å². The first-order chi connectivity index (χ1) is 9.72. The lowest BCUT2D eigenvalue weighted by molar-refractivity contribution is 0.150. The summed E-state index contributed by atoms with van der Waals surface area (Å²) in [5.74, 6) is 0.346. The van der Waals surface area contributed by atoms with E-state index in [0.717, 1.165) is 25.7 Å². The zero-order valence-electron chi connectivity index (χ0n) is 12.9. The first-order valence-corrected chi connectivity index (χ1v) is 8.18. The Morgan fingerprint density at radius 2 is 1.45 bits per heavy atom. The van der Waals surface area contributed by atoms with E-state index in [0.29, 0.717) is 5.75 Å². The van der Waals surface area contributed by atoms with Crippen LogP contribution in [0.5, 0.6) is 5.75 Å². The molecule has 1 atom stereocenters. The highest BCUT2D eigenvalue weighted by atomic mass is 16.3. The van der Waals surface area contributed by atoms with Gasteiger partial charge in [0.15, 0.2) is 0 Å². The molecule has 0 saturated heterocycles. The summed E-state index contributed by atoms with van der Waals surface area (Å²) in [6.45, 7) is 2.12. The zero-order chi connectivity index (χ0) is 14.6. The van der Waals surface area contributed by atoms with Gasteiger partial charge in [0, 0.05) is 0 Å². The van der Waals surface area contributed by atoms with Crippen molar-refractivity contribution >= 4 is 0 Å². The molecule has 1 aromatic rings. The number of hydrogen-bond acceptors (Lipinski definition) is 2. The lowest BCUT2D eigenvalue weighted by atomic mass is 10.0. The van der Waals surface area contributed by atoms with Gasteiger partial charge in [0.2, 0.25) is 0 Å². The van der Waals surface area contributed by atoms with Crippen LogP contribution < -0.4 is 0 Å². The van der Waals surface area contributed by atoms with E-state index in [4.69, 9.17) is 0 Å². The van der Waals surface area contributed by atoms with Crippen LogP contribution in [-0.2, 0) is 6.42 Å². The molecule has 2 N–H and O–H groups in total. The molecule has 1 rings (SSSR count). The maximum Gasteiger partial charge on any atom is 0.115 e. The molecular formula is C18H30O2. The molecular weight excluding hydrogens is 248 g/mol. The fourth-order valence-corrected chi connectivity index (χ4v) is 2.56. The van der Waals surface area contributed by atoms with Gasteiger partial charge in [-0.1, -0.05) is 57.6 Å². The minimum atomic E-state index is -0.0745. The molecule has 0 aliphatic carbocycles. The van der Waals surface area contributed by atoms with Gasteiger partial charge in [-0.05, 0) is 43.4 Å². The number of rotatable bonds is 11. The van der Waals surface area contributed by atoms with Gasteiger partial charge in [-0.2, -0.15) is 0 Å². The van der Waals surface area contributed by atoms with Gasteiger partial charge in [-0.3, -0.25) is 0 Å². The molecule has 0 heterocycles. The smallest absolute Gasteiger partial charge is 0.115 e. The van der Waals surface area contributed by atoms with E-state index in [1.54, 1.807) is 12.1 Å². The first kappa shape index (κ1) is 17.0. The second-order valence-corrected chi connectivity index (χ2v) is 5.77. The van der Waals surface area contributed by atoms with Crippen LogP contribution in [0.25, 0.3) is 0 Å². The number of benzene rings is 1. The molecule has 0 saturated carbocycles. The molecule has 114 valence electrons. The highest BCUT2D eigenvalue weighted by Gasteiger charge is 2.01. The van der Waals surface area contributed by atoms with Crippen molar-refractivity contribution in [3.8, 4) is 5.75 Å². The third kappa shape index (κ3) is 8.21. The molecule has 0 fully saturated rings. The van der Waals surface area contributed by atoms with Crippen molar-refractivity contribution < 1.29 is 10.2 Å². The molecule has 1 aromatic carbocycles. The first-order valence-electron chi connectivity index (χ1n) is 8.18. The third-order valence-corrected chi connectivity index (χ3v) is 3.81. The van der Waals surface area contributed by atoms with E-state index in [2.05, 4.69) is 6.92 Å². The Kier molecular flexibility index (Phi) is 9.14. The summed E-state index contributed by atoms with van der Waals surface area (Å²) in [4.78, 5) is 0. The Balaban J connectivity index is 1.91. The van der Waals surface area contributed by atoms with Crippen molar-refractivity contribution in [1.82, 2.24) is 0 Å². The van der Waals surface area contributed by atoms with Crippen molar-refractivity contribution in [2.45, 2.75) is 77.2 Å². The standard InChI is InChI=1S/C18H30O2/c1-2-9-17(19)11-8-6-4-3-5-7-10-16-12-14-18(20)15-13-16/h12-15,17,19-20H,2-11H2,1H3. The summed E-state index contributed by atoms with van der Waals surface area (Å²) in [5, 5.41) is 18.8. The number of unbranched alkanes of at least 4 members (excludes halogenated alkanes) is 5. The summed E-state index contributed by atoms with van der Waals surface area (Å²) >= 11 is 0. The van der Waals surface area contributed by atoms with Crippen molar-refractivity contribution in [3.05, 3.63) is 29.8 Å². The Morgan fingerprint density at radius 3 is 2.10 bits per heavy atom. The van der Waals surface area contributed by atoms with Crippen LogP contribution in [0.2, 0.25) is 0 Å². The van der Waals surface area contributed by atoms with E-state index >= 15 is 0 Å². The molecule has 0 bridgehead atoms. The number of aliphatic hydroxyl groups excluding tert-OH is 1. The minimum Gasteiger partial charge on any atom is -0.508 e. The molecule has 0 amide bonds. The average molecular weight is 278 g/mol. The molecule has 0 aliphatic rings. The maximum atomic E-state index is 9.62. The van der Waals surface area contributed by atoms with Crippen LogP contribution in [0.3, 0.4) is 0 Å². The van der Waals surface area contributed by atoms with Crippen LogP contribution in [0, 0.1) is 0 Å². The van der Waals surface area contributed by atoms with Gasteiger partial charge < -0.3 is 10.2 Å². The van der Waals surface area contributed by atoms with Gasteiger partial charge in [0.1, 0.15) is 5.75 Å². The predicted octanol–water partition coefficient (Wildman–Crippen LogP) is 4.83. The van der Waals surface area contributed by atoms with Gasteiger partial charge in [-0.15, -0.1) is 0 Å². The summed E-state index contributed by atoms with van der Waals surface area (Å²) in [5.41, 5.74) is 1.31. The van der Waals surface area contributed by atoms with Crippen LogP contribution in [0.4, 0.5) is 0 Å². The van der Waals surface area contributed by atoms with E-state index in [9.17, 15) is 10.2 Å². The third-order valence-electron chi connectivity index (χ3n) is 3.81. The van der Waals surface area contributed by atoms with Gasteiger partial charge >= 0.3 is 0 Å². The van der Waals surface area contributed by atoms with Crippen LogP contribution in [-0.4, -0.2) is 16.3 Å². The fourth-order valence-electron chi connectivity index (χ4n) is 2.56. The molecule has 2 heteroatoms. The van der Waals surface area contributed by atoms with Crippen LogP contribution in [0.1, 0.15) is 70.3 Å². The maximum absolute atomic E-state index is 9.62. The number of aliphatic hydroxyl groups is 1. The van der Waals surface area contributed by atoms with E-state index in [-0.39, 0.29) is 6.10 Å². The second kappa shape index (κ2) is 10.7. The number of phenols is 1. The highest BCUT2D eigenvalue weighted by Crippen LogP contribution is 2.14. The minimum absolute atomic E-state index is 0.0745. The van der Waals surface area contributed by atoms with Crippen molar-refractivity contribution in [2.75, 3.05) is 0 Å². The SMILES string of the molecule is CCCC(O)CCCCCCCCc1ccc(O)cc1. The molecule has 0 aliphatic heterocycles. The summed E-state index contributed by atoms with van der Waals surface area (Å²) < 4.78 is 0. The van der Waals surface area contributed by atoms with E-state index < -0.39 is 0 Å². The lowest BCUT2D eigenvalue weighted by Gasteiger charge is -2.08. The monoisotopic (exact) mass is 278 g/mol. The number of phenolic OH excluding ortho intramolecular Hbond substituents is 1. The molecule has 0 radical (unpaired) electrons. The lowest BCUT2D eigenvalue weighted by Crippen LogP contribution is -2.04. The van der Waals surface area contributed by atoms with Crippen LogP contribution in [0.15, 0.2) is 24.3 Å². The number of aryl methyl sites for hydroxylation is 1. The van der Waals surface area contributed by atoms with Crippen LogP contribution >= 0.6 is 0 Å². The van der Waals surface area contributed by atoms with E-state index in [1.807, 2.05) is 12.1 Å². The molecule has 0 spiro atoms. The normalized spacial score (nSPS) is 12.5. The van der Waals surface area contributed by atoms with E-state index in [1.165, 1.54) is 44.1 Å². The zero-order valence-corrected chi connectivity index (χ0v) is 12.9. The second-order valence-electron chi connectivity index (χ2n) is 5.77. The Morgan fingerprint density at radius 1 is 0.850 bits per heavy atom. The summed E-state index contributed by atoms with van der Waals surface area (Å²) in [6, 6.07) is 7.53. The molecule has 2 nitrogen and oxygen atoms in total. The molecule has 0 aromatic heterocycles. The van der Waals surface area contributed by atoms with Gasteiger partial charge in [0.05, 0.1) is 6.10 Å². The van der Waals surface area contributed by atoms with Gasteiger partial charge in [0.25, 0.3) is 0 Å². The Hall–Kier alpha value is -1.02. The quantitative estimate of drug-likeness (QED) is 0.569. The molecule has 20 heavy (non-hydrogen) atoms. The van der Waals surface area contributed by atoms with Crippen molar-refractivity contribution in [3.63, 3.8) is 0 Å².